The molecule has 3 aromatic rings. The third kappa shape index (κ3) is 5.26. The van der Waals surface area contributed by atoms with Gasteiger partial charge in [0.1, 0.15) is 5.75 Å². The first-order valence-electron chi connectivity index (χ1n) is 8.30. The number of hydrogen-bond acceptors (Lipinski definition) is 5. The van der Waals surface area contributed by atoms with Crippen molar-refractivity contribution in [2.24, 2.45) is 5.10 Å². The number of carbonyl (C=O) groups is 2. The maximum Gasteiger partial charge on any atom is 0.416 e. The minimum atomic E-state index is -4.60. The van der Waals surface area contributed by atoms with E-state index in [1.165, 1.54) is 48.9 Å². The zero-order valence-corrected chi connectivity index (χ0v) is 15.7. The average molecular weight is 437 g/mol. The Morgan fingerprint density at radius 3 is 2.60 bits per heavy atom. The van der Waals surface area contributed by atoms with Crippen LogP contribution in [0.4, 0.5) is 13.2 Å². The molecule has 2 aromatic carbocycles. The van der Waals surface area contributed by atoms with Gasteiger partial charge in [0, 0.05) is 10.6 Å². The van der Waals surface area contributed by atoms with E-state index in [0.717, 1.165) is 12.1 Å². The molecular formula is C20H12ClF3N2O4. The molecule has 154 valence electrons. The Balaban J connectivity index is 1.77. The van der Waals surface area contributed by atoms with E-state index in [2.05, 4.69) is 10.5 Å². The van der Waals surface area contributed by atoms with Crippen molar-refractivity contribution in [3.8, 4) is 5.75 Å². The maximum absolute atomic E-state index is 12.8. The third-order valence-corrected chi connectivity index (χ3v) is 3.95. The summed E-state index contributed by atoms with van der Waals surface area (Å²) in [6.45, 7) is 0. The van der Waals surface area contributed by atoms with Gasteiger partial charge >= 0.3 is 18.1 Å². The first-order chi connectivity index (χ1) is 14.2. The van der Waals surface area contributed by atoms with Gasteiger partial charge in [-0.3, -0.25) is 4.79 Å². The molecule has 0 radical (unpaired) electrons. The second-order valence-corrected chi connectivity index (χ2v) is 6.26. The van der Waals surface area contributed by atoms with Crippen LogP contribution in [0.15, 0.2) is 70.4 Å². The molecule has 10 heteroatoms. The number of amides is 1. The van der Waals surface area contributed by atoms with Crippen LogP contribution in [0.3, 0.4) is 0 Å². The fourth-order valence-electron chi connectivity index (χ4n) is 2.32. The van der Waals surface area contributed by atoms with Gasteiger partial charge in [-0.1, -0.05) is 17.7 Å². The van der Waals surface area contributed by atoms with Crippen LogP contribution in [0.25, 0.3) is 0 Å². The fraction of sp³-hybridized carbons (Fsp3) is 0.0500. The largest absolute Gasteiger partial charge is 0.459 e. The monoisotopic (exact) mass is 436 g/mol. The van der Waals surface area contributed by atoms with Crippen molar-refractivity contribution in [1.82, 2.24) is 5.43 Å². The second-order valence-electron chi connectivity index (χ2n) is 5.83. The van der Waals surface area contributed by atoms with E-state index < -0.39 is 23.6 Å². The van der Waals surface area contributed by atoms with Crippen LogP contribution in [-0.4, -0.2) is 18.1 Å². The number of alkyl halides is 3. The third-order valence-electron chi connectivity index (χ3n) is 3.71. The van der Waals surface area contributed by atoms with Crippen LogP contribution in [0.2, 0.25) is 5.02 Å². The summed E-state index contributed by atoms with van der Waals surface area (Å²) in [5, 5.41) is 4.03. The Bertz CT molecular complexity index is 1100. The molecule has 30 heavy (non-hydrogen) atoms. The van der Waals surface area contributed by atoms with E-state index in [1.807, 2.05) is 0 Å². The number of halogens is 4. The van der Waals surface area contributed by atoms with Crippen molar-refractivity contribution < 1.29 is 31.9 Å². The molecule has 6 nitrogen and oxygen atoms in total. The molecular weight excluding hydrogens is 425 g/mol. The van der Waals surface area contributed by atoms with E-state index >= 15 is 0 Å². The van der Waals surface area contributed by atoms with E-state index in [9.17, 15) is 22.8 Å². The van der Waals surface area contributed by atoms with E-state index in [0.29, 0.717) is 6.07 Å². The highest BCUT2D eigenvalue weighted by Gasteiger charge is 2.31. The molecule has 3 rings (SSSR count). The molecule has 0 aliphatic carbocycles. The van der Waals surface area contributed by atoms with E-state index in [1.54, 1.807) is 0 Å². The van der Waals surface area contributed by atoms with Crippen LogP contribution >= 0.6 is 11.6 Å². The Morgan fingerprint density at radius 1 is 1.10 bits per heavy atom. The first-order valence-corrected chi connectivity index (χ1v) is 8.68. The van der Waals surface area contributed by atoms with Gasteiger partial charge in [-0.15, -0.1) is 0 Å². The Labute approximate surface area is 172 Å². The van der Waals surface area contributed by atoms with Gasteiger partial charge < -0.3 is 9.15 Å². The molecule has 0 aliphatic heterocycles. The van der Waals surface area contributed by atoms with Gasteiger partial charge in [0.25, 0.3) is 0 Å². The Hall–Kier alpha value is -3.59. The van der Waals surface area contributed by atoms with Crippen molar-refractivity contribution >= 4 is 29.7 Å². The highest BCUT2D eigenvalue weighted by atomic mass is 35.5. The predicted octanol–water partition coefficient (Wildman–Crippen LogP) is 4.93. The number of rotatable bonds is 5. The molecule has 0 unspecified atom stereocenters. The smallest absolute Gasteiger partial charge is 0.416 e. The highest BCUT2D eigenvalue weighted by Crippen LogP contribution is 2.30. The van der Waals surface area contributed by atoms with Gasteiger partial charge in [0.15, 0.2) is 5.76 Å². The number of furan rings is 1. The number of ether oxygens (including phenoxy) is 1. The number of hydrazone groups is 1. The van der Waals surface area contributed by atoms with Gasteiger partial charge in [-0.25, -0.2) is 10.2 Å². The average Bonchev–Trinajstić information content (AvgIpc) is 3.24. The standard InChI is InChI=1S/C20H12ClF3N2O4/c21-15-6-7-16(13(10-15)11-25-26-18(27)17-5-2-8-29-17)30-19(28)12-3-1-4-14(9-12)20(22,23)24/h1-11H,(H,26,27)/b25-11+. The topological polar surface area (TPSA) is 80.9 Å². The van der Waals surface area contributed by atoms with Gasteiger partial charge in [-0.2, -0.15) is 18.3 Å². The minimum Gasteiger partial charge on any atom is -0.459 e. The van der Waals surface area contributed by atoms with Crippen LogP contribution < -0.4 is 10.2 Å². The number of carbonyl (C=O) groups excluding carboxylic acids is 2. The van der Waals surface area contributed by atoms with Gasteiger partial charge in [-0.05, 0) is 48.5 Å². The highest BCUT2D eigenvalue weighted by molar-refractivity contribution is 6.31. The molecule has 1 N–H and O–H groups in total. The number of esters is 1. The normalized spacial score (nSPS) is 11.5. The summed E-state index contributed by atoms with van der Waals surface area (Å²) in [4.78, 5) is 24.1. The lowest BCUT2D eigenvalue weighted by Gasteiger charge is -2.10. The molecule has 0 aliphatic rings. The number of benzene rings is 2. The summed E-state index contributed by atoms with van der Waals surface area (Å²) in [5.74, 6) is -1.59. The lowest BCUT2D eigenvalue weighted by Crippen LogP contribution is -2.17. The molecule has 0 saturated heterocycles. The summed E-state index contributed by atoms with van der Waals surface area (Å²) in [6, 6.07) is 11.0. The minimum absolute atomic E-state index is 0.0159. The summed E-state index contributed by atoms with van der Waals surface area (Å²) >= 11 is 5.93. The van der Waals surface area contributed by atoms with Crippen molar-refractivity contribution in [3.63, 3.8) is 0 Å². The quantitative estimate of drug-likeness (QED) is 0.266. The molecule has 0 atom stereocenters. The van der Waals surface area contributed by atoms with Gasteiger partial charge in [0.05, 0.1) is 23.6 Å². The SMILES string of the molecule is O=C(Oc1ccc(Cl)cc1/C=N/NC(=O)c1ccco1)c1cccc(C(F)(F)F)c1. The van der Waals surface area contributed by atoms with Gasteiger partial charge in [0.2, 0.25) is 0 Å². The summed E-state index contributed by atoms with van der Waals surface area (Å²) in [5.41, 5.74) is 1.17. The van der Waals surface area contributed by atoms with Crippen LogP contribution in [0.1, 0.15) is 32.0 Å². The summed E-state index contributed by atoms with van der Waals surface area (Å²) < 4.78 is 48.7. The molecule has 1 amide bonds. The summed E-state index contributed by atoms with van der Waals surface area (Å²) in [7, 11) is 0. The molecule has 1 heterocycles. The maximum atomic E-state index is 12.8. The fourth-order valence-corrected chi connectivity index (χ4v) is 2.50. The first kappa shape index (κ1) is 21.1. The summed E-state index contributed by atoms with van der Waals surface area (Å²) in [6.07, 6.45) is -2.11. The van der Waals surface area contributed by atoms with Crippen molar-refractivity contribution in [1.29, 1.82) is 0 Å². The lowest BCUT2D eigenvalue weighted by atomic mass is 10.1. The van der Waals surface area contributed by atoms with Crippen LogP contribution in [0.5, 0.6) is 5.75 Å². The van der Waals surface area contributed by atoms with Crippen molar-refractivity contribution in [2.45, 2.75) is 6.18 Å². The van der Waals surface area contributed by atoms with E-state index in [-0.39, 0.29) is 27.7 Å². The zero-order valence-electron chi connectivity index (χ0n) is 14.9. The molecule has 0 spiro atoms. The second kappa shape index (κ2) is 8.83. The van der Waals surface area contributed by atoms with Crippen molar-refractivity contribution in [3.05, 3.63) is 88.3 Å². The molecule has 0 bridgehead atoms. The Kier molecular flexibility index (Phi) is 6.22. The number of nitrogens with one attached hydrogen (secondary N) is 1. The van der Waals surface area contributed by atoms with Crippen LogP contribution in [-0.2, 0) is 6.18 Å². The predicted molar refractivity (Wildman–Crippen MR) is 102 cm³/mol. The Morgan fingerprint density at radius 2 is 1.90 bits per heavy atom. The molecule has 0 saturated carbocycles. The zero-order chi connectivity index (χ0) is 21.7. The molecule has 1 aromatic heterocycles. The van der Waals surface area contributed by atoms with Crippen molar-refractivity contribution in [2.75, 3.05) is 0 Å². The van der Waals surface area contributed by atoms with E-state index in [4.69, 9.17) is 20.8 Å². The number of hydrogen-bond donors (Lipinski definition) is 1. The van der Waals surface area contributed by atoms with Crippen LogP contribution in [0, 0.1) is 0 Å². The number of nitrogens with zero attached hydrogens (tertiary/aromatic N) is 1. The molecule has 0 fully saturated rings. The lowest BCUT2D eigenvalue weighted by molar-refractivity contribution is -0.137.